The van der Waals surface area contributed by atoms with Crippen molar-refractivity contribution in [1.29, 1.82) is 0 Å². The summed E-state index contributed by atoms with van der Waals surface area (Å²) in [6.07, 6.45) is 1.04. The van der Waals surface area contributed by atoms with E-state index in [0.717, 1.165) is 11.3 Å². The second-order valence-corrected chi connectivity index (χ2v) is 8.58. The van der Waals surface area contributed by atoms with Gasteiger partial charge in [0.05, 0.1) is 11.1 Å². The number of carboxylic acid groups (broad SMARTS) is 1. The van der Waals surface area contributed by atoms with E-state index in [0.29, 0.717) is 42.6 Å². The van der Waals surface area contributed by atoms with Crippen LogP contribution in [0.3, 0.4) is 0 Å². The van der Waals surface area contributed by atoms with E-state index in [9.17, 15) is 24.3 Å². The number of aliphatic carboxylic acids is 1. The summed E-state index contributed by atoms with van der Waals surface area (Å²) < 4.78 is 5.03. The molecule has 0 radical (unpaired) electrons. The van der Waals surface area contributed by atoms with Gasteiger partial charge in [-0.2, -0.15) is 0 Å². The van der Waals surface area contributed by atoms with Gasteiger partial charge in [-0.15, -0.1) is 0 Å². The predicted molar refractivity (Wildman–Crippen MR) is 122 cm³/mol. The molecular formula is C23H23N5O6. The fraction of sp³-hybridized carbons (Fsp3) is 0.304. The number of likely N-dealkylation sites (tertiary alicyclic amines) is 1. The van der Waals surface area contributed by atoms with E-state index in [1.807, 2.05) is 24.3 Å². The first-order valence-electron chi connectivity index (χ1n) is 10.9. The van der Waals surface area contributed by atoms with Crippen LogP contribution in [0.25, 0.3) is 11.1 Å². The third-order valence-electron chi connectivity index (χ3n) is 6.47. The molecule has 5 N–H and O–H groups in total. The number of benzene rings is 2. The number of fused-ring (bicyclic) bond motifs is 3. The third kappa shape index (κ3) is 3.96. The number of para-hydroxylation sites is 1. The van der Waals surface area contributed by atoms with Crippen molar-refractivity contribution in [2.45, 2.75) is 30.8 Å². The first kappa shape index (κ1) is 21.6. The molecule has 4 amide bonds. The molecule has 1 fully saturated rings. The van der Waals surface area contributed by atoms with Gasteiger partial charge in [0.15, 0.2) is 5.58 Å². The van der Waals surface area contributed by atoms with Gasteiger partial charge in [0, 0.05) is 30.8 Å². The standard InChI is InChI=1S/C23H23N5O6/c29-19(30)17(11-13-5-6-16-18(12-13)34-22(33)26-16)25-21(32)28-9-7-23(8-10-28)14-3-1-2-4-15(14)24-20(31)27-23/h1-6,12,17H,7-11H2,(H,25,32)(H,26,33)(H,29,30)(H2,24,27,31)/t17-/m1/s1. The van der Waals surface area contributed by atoms with Crippen LogP contribution >= 0.6 is 0 Å². The van der Waals surface area contributed by atoms with Crippen molar-refractivity contribution in [3.8, 4) is 0 Å². The Labute approximate surface area is 193 Å². The molecule has 2 aliphatic heterocycles. The molecule has 5 rings (SSSR count). The third-order valence-corrected chi connectivity index (χ3v) is 6.47. The maximum absolute atomic E-state index is 12.9. The summed E-state index contributed by atoms with van der Waals surface area (Å²) in [7, 11) is 0. The molecule has 1 aromatic heterocycles. The van der Waals surface area contributed by atoms with Gasteiger partial charge in [-0.05, 0) is 36.6 Å². The zero-order valence-electron chi connectivity index (χ0n) is 18.1. The van der Waals surface area contributed by atoms with E-state index in [2.05, 4.69) is 20.9 Å². The number of urea groups is 2. The van der Waals surface area contributed by atoms with Crippen molar-refractivity contribution >= 4 is 34.8 Å². The molecular weight excluding hydrogens is 442 g/mol. The predicted octanol–water partition coefficient (Wildman–Crippen LogP) is 1.95. The number of carbonyl (C=O) groups is 3. The number of carbonyl (C=O) groups excluding carboxylic acids is 2. The number of amides is 4. The second kappa shape index (κ2) is 8.25. The van der Waals surface area contributed by atoms with Crippen molar-refractivity contribution in [3.63, 3.8) is 0 Å². The topological polar surface area (TPSA) is 157 Å². The second-order valence-electron chi connectivity index (χ2n) is 8.58. The summed E-state index contributed by atoms with van der Waals surface area (Å²) in [4.78, 5) is 52.3. The quantitative estimate of drug-likeness (QED) is 0.396. The van der Waals surface area contributed by atoms with Crippen LogP contribution in [-0.2, 0) is 16.8 Å². The van der Waals surface area contributed by atoms with Gasteiger partial charge >= 0.3 is 23.8 Å². The van der Waals surface area contributed by atoms with Crippen molar-refractivity contribution in [2.24, 2.45) is 0 Å². The van der Waals surface area contributed by atoms with Crippen LogP contribution in [0.2, 0.25) is 0 Å². The molecule has 0 unspecified atom stereocenters. The molecule has 0 bridgehead atoms. The zero-order valence-corrected chi connectivity index (χ0v) is 18.1. The Kier molecular flexibility index (Phi) is 5.23. The fourth-order valence-electron chi connectivity index (χ4n) is 4.73. The number of anilines is 1. The molecule has 3 aromatic rings. The largest absolute Gasteiger partial charge is 0.480 e. The Morgan fingerprint density at radius 2 is 1.91 bits per heavy atom. The highest BCUT2D eigenvalue weighted by atomic mass is 16.4. The molecule has 3 heterocycles. The maximum atomic E-state index is 12.9. The van der Waals surface area contributed by atoms with Gasteiger partial charge < -0.3 is 30.4 Å². The molecule has 2 aromatic carbocycles. The van der Waals surface area contributed by atoms with Crippen LogP contribution in [0.5, 0.6) is 0 Å². The molecule has 0 saturated carbocycles. The number of rotatable bonds is 4. The van der Waals surface area contributed by atoms with E-state index in [1.54, 1.807) is 23.1 Å². The number of carboxylic acids is 1. The summed E-state index contributed by atoms with van der Waals surface area (Å²) in [5, 5.41) is 18.1. The number of oxazole rings is 1. The van der Waals surface area contributed by atoms with Crippen molar-refractivity contribution in [3.05, 3.63) is 64.1 Å². The molecule has 1 atom stereocenters. The minimum atomic E-state index is -1.17. The molecule has 1 spiro atoms. The average molecular weight is 465 g/mol. The van der Waals surface area contributed by atoms with E-state index >= 15 is 0 Å². The van der Waals surface area contributed by atoms with Gasteiger partial charge in [-0.25, -0.2) is 19.2 Å². The number of piperidine rings is 1. The molecule has 11 heteroatoms. The maximum Gasteiger partial charge on any atom is 0.417 e. The Morgan fingerprint density at radius 1 is 1.15 bits per heavy atom. The van der Waals surface area contributed by atoms with Gasteiger partial charge in [-0.3, -0.25) is 4.98 Å². The lowest BCUT2D eigenvalue weighted by Gasteiger charge is -2.45. The van der Waals surface area contributed by atoms with E-state index in [1.165, 1.54) is 0 Å². The van der Waals surface area contributed by atoms with Crippen molar-refractivity contribution < 1.29 is 23.9 Å². The molecule has 0 aliphatic carbocycles. The normalized spacial score (nSPS) is 17.5. The first-order chi connectivity index (χ1) is 16.3. The summed E-state index contributed by atoms with van der Waals surface area (Å²) in [5.41, 5.74) is 2.60. The smallest absolute Gasteiger partial charge is 0.417 e. The summed E-state index contributed by atoms with van der Waals surface area (Å²) in [5.74, 6) is -1.76. The SMILES string of the molecule is O=C1Nc2ccccc2C2(CCN(C(=O)N[C@H](Cc3ccc4[nH]c(=O)oc4c3)C(=O)O)CC2)N1. The van der Waals surface area contributed by atoms with Crippen LogP contribution in [-0.4, -0.2) is 52.2 Å². The molecule has 34 heavy (non-hydrogen) atoms. The van der Waals surface area contributed by atoms with E-state index in [-0.39, 0.29) is 12.5 Å². The Morgan fingerprint density at radius 3 is 2.68 bits per heavy atom. The zero-order chi connectivity index (χ0) is 23.9. The lowest BCUT2D eigenvalue weighted by molar-refractivity contribution is -0.139. The monoisotopic (exact) mass is 465 g/mol. The van der Waals surface area contributed by atoms with Crippen LogP contribution in [0.4, 0.5) is 15.3 Å². The number of nitrogens with zero attached hydrogens (tertiary/aromatic N) is 1. The van der Waals surface area contributed by atoms with E-state index in [4.69, 9.17) is 4.42 Å². The number of hydrogen-bond acceptors (Lipinski definition) is 5. The van der Waals surface area contributed by atoms with Crippen LogP contribution in [0.1, 0.15) is 24.0 Å². The highest BCUT2D eigenvalue weighted by Crippen LogP contribution is 2.39. The number of aromatic nitrogens is 1. The molecule has 11 nitrogen and oxygen atoms in total. The number of nitrogens with one attached hydrogen (secondary N) is 4. The van der Waals surface area contributed by atoms with Crippen LogP contribution < -0.4 is 21.7 Å². The summed E-state index contributed by atoms with van der Waals surface area (Å²) in [6.45, 7) is 0.709. The van der Waals surface area contributed by atoms with Gasteiger partial charge in [0.2, 0.25) is 0 Å². The van der Waals surface area contributed by atoms with Gasteiger partial charge in [0.1, 0.15) is 6.04 Å². The number of hydrogen-bond donors (Lipinski definition) is 5. The van der Waals surface area contributed by atoms with Gasteiger partial charge in [0.25, 0.3) is 0 Å². The Balaban J connectivity index is 1.26. The summed E-state index contributed by atoms with van der Waals surface area (Å²) >= 11 is 0. The Bertz CT molecular complexity index is 1340. The van der Waals surface area contributed by atoms with Crippen LogP contribution in [0, 0.1) is 0 Å². The van der Waals surface area contributed by atoms with Crippen molar-refractivity contribution in [2.75, 3.05) is 18.4 Å². The summed E-state index contributed by atoms with van der Waals surface area (Å²) in [6, 6.07) is 10.5. The molecule has 2 aliphatic rings. The lowest BCUT2D eigenvalue weighted by Crippen LogP contribution is -2.59. The highest BCUT2D eigenvalue weighted by molar-refractivity contribution is 5.94. The van der Waals surface area contributed by atoms with E-state index < -0.39 is 29.3 Å². The lowest BCUT2D eigenvalue weighted by atomic mass is 9.79. The number of aromatic amines is 1. The first-order valence-corrected chi connectivity index (χ1v) is 10.9. The Hall–Kier alpha value is -4.28. The fourth-order valence-corrected chi connectivity index (χ4v) is 4.73. The van der Waals surface area contributed by atoms with Crippen molar-refractivity contribution in [1.82, 2.24) is 20.5 Å². The molecule has 176 valence electrons. The minimum absolute atomic E-state index is 0.0266. The van der Waals surface area contributed by atoms with Crippen LogP contribution in [0.15, 0.2) is 51.7 Å². The minimum Gasteiger partial charge on any atom is -0.480 e. The highest BCUT2D eigenvalue weighted by Gasteiger charge is 2.43. The average Bonchev–Trinajstić information content (AvgIpc) is 3.18. The molecule has 1 saturated heterocycles. The number of H-pyrrole nitrogens is 1. The van der Waals surface area contributed by atoms with Gasteiger partial charge in [-0.1, -0.05) is 24.3 Å².